The Hall–Kier alpha value is -2.94. The van der Waals surface area contributed by atoms with Crippen molar-refractivity contribution >= 4 is 11.9 Å². The lowest BCUT2D eigenvalue weighted by Crippen LogP contribution is -2.24. The van der Waals surface area contributed by atoms with Crippen LogP contribution in [-0.2, 0) is 11.3 Å². The zero-order valence-corrected chi connectivity index (χ0v) is 11.4. The molecular weight excluding hydrogens is 268 g/mol. The summed E-state index contributed by atoms with van der Waals surface area (Å²) >= 11 is 0. The van der Waals surface area contributed by atoms with Crippen LogP contribution < -0.4 is 11.1 Å². The van der Waals surface area contributed by atoms with E-state index in [1.807, 2.05) is 30.3 Å². The van der Waals surface area contributed by atoms with E-state index in [2.05, 4.69) is 27.4 Å². The fourth-order valence-corrected chi connectivity index (χ4v) is 1.55. The van der Waals surface area contributed by atoms with Crippen LogP contribution in [0.1, 0.15) is 17.5 Å². The van der Waals surface area contributed by atoms with Crippen LogP contribution in [0, 0.1) is 11.8 Å². The Morgan fingerprint density at radius 3 is 2.90 bits per heavy atom. The van der Waals surface area contributed by atoms with Crippen LogP contribution in [-0.4, -0.2) is 22.8 Å². The molecule has 4 N–H and O–H groups in total. The number of aromatic amines is 1. The number of nitrogens with two attached hydrogens (primary N) is 1. The highest BCUT2D eigenvalue weighted by atomic mass is 16.5. The molecule has 0 bridgehead atoms. The second-order valence-corrected chi connectivity index (χ2v) is 4.24. The van der Waals surface area contributed by atoms with Crippen molar-refractivity contribution in [3.8, 4) is 11.8 Å². The number of amides is 1. The molecule has 0 unspecified atom stereocenters. The topological polar surface area (TPSA) is 93.0 Å². The molecule has 2 rings (SSSR count). The molecule has 0 fully saturated rings. The fourth-order valence-electron chi connectivity index (χ4n) is 1.55. The molecule has 6 nitrogen and oxygen atoms in total. The molecule has 1 amide bonds. The third-order valence-electron chi connectivity index (χ3n) is 2.62. The van der Waals surface area contributed by atoms with Crippen molar-refractivity contribution < 1.29 is 9.53 Å². The number of nitrogens with one attached hydrogen (secondary N) is 2. The summed E-state index contributed by atoms with van der Waals surface area (Å²) in [7, 11) is 0. The summed E-state index contributed by atoms with van der Waals surface area (Å²) in [5.74, 6) is 6.20. The molecular formula is C15H16N4O2. The lowest BCUT2D eigenvalue weighted by Gasteiger charge is -2.05. The van der Waals surface area contributed by atoms with Crippen molar-refractivity contribution in [3.05, 3.63) is 47.7 Å². The number of rotatable bonds is 4. The molecule has 0 aliphatic heterocycles. The second-order valence-electron chi connectivity index (χ2n) is 4.24. The smallest absolute Gasteiger partial charge is 0.407 e. The van der Waals surface area contributed by atoms with Crippen molar-refractivity contribution in [1.82, 2.24) is 15.5 Å². The Morgan fingerprint density at radius 2 is 2.19 bits per heavy atom. The molecule has 0 atom stereocenters. The Bertz CT molecular complexity index is 640. The number of H-pyrrole nitrogens is 1. The van der Waals surface area contributed by atoms with E-state index in [0.29, 0.717) is 24.3 Å². The number of benzene rings is 1. The van der Waals surface area contributed by atoms with E-state index < -0.39 is 6.09 Å². The monoisotopic (exact) mass is 284 g/mol. The summed E-state index contributed by atoms with van der Waals surface area (Å²) in [6.45, 7) is 0.669. The molecule has 6 heteroatoms. The van der Waals surface area contributed by atoms with Gasteiger partial charge in [-0.3, -0.25) is 5.10 Å². The first-order valence-electron chi connectivity index (χ1n) is 6.48. The molecule has 0 radical (unpaired) electrons. The SMILES string of the molecule is Nc1[nH]ncc1C#CCCNC(=O)OCc1ccccc1. The molecule has 21 heavy (non-hydrogen) atoms. The van der Waals surface area contributed by atoms with Crippen LogP contribution >= 0.6 is 0 Å². The summed E-state index contributed by atoms with van der Waals surface area (Å²) in [5, 5.41) is 8.98. The number of carbonyl (C=O) groups excluding carboxylic acids is 1. The van der Waals surface area contributed by atoms with Gasteiger partial charge in [0.1, 0.15) is 12.4 Å². The van der Waals surface area contributed by atoms with Gasteiger partial charge in [-0.15, -0.1) is 0 Å². The van der Waals surface area contributed by atoms with E-state index >= 15 is 0 Å². The number of hydrogen-bond donors (Lipinski definition) is 3. The number of alkyl carbamates (subject to hydrolysis) is 1. The number of nitrogen functional groups attached to an aromatic ring is 1. The maximum Gasteiger partial charge on any atom is 0.407 e. The van der Waals surface area contributed by atoms with Crippen molar-refractivity contribution in [2.45, 2.75) is 13.0 Å². The van der Waals surface area contributed by atoms with E-state index in [1.165, 1.54) is 0 Å². The zero-order chi connectivity index (χ0) is 14.9. The molecule has 1 heterocycles. The summed E-state index contributed by atoms with van der Waals surface area (Å²) in [6.07, 6.45) is 1.61. The number of aromatic nitrogens is 2. The van der Waals surface area contributed by atoms with Crippen LogP contribution in [0.4, 0.5) is 10.6 Å². The van der Waals surface area contributed by atoms with Gasteiger partial charge < -0.3 is 15.8 Å². The van der Waals surface area contributed by atoms with Gasteiger partial charge in [-0.05, 0) is 5.56 Å². The van der Waals surface area contributed by atoms with Gasteiger partial charge in [0.25, 0.3) is 0 Å². The maximum atomic E-state index is 11.4. The van der Waals surface area contributed by atoms with Crippen molar-refractivity contribution in [1.29, 1.82) is 0 Å². The summed E-state index contributed by atoms with van der Waals surface area (Å²) in [5.41, 5.74) is 7.19. The maximum absolute atomic E-state index is 11.4. The predicted molar refractivity (Wildman–Crippen MR) is 79.1 cm³/mol. The van der Waals surface area contributed by atoms with Gasteiger partial charge in [0.2, 0.25) is 0 Å². The van der Waals surface area contributed by atoms with E-state index in [-0.39, 0.29) is 6.61 Å². The van der Waals surface area contributed by atoms with Gasteiger partial charge in [0, 0.05) is 13.0 Å². The molecule has 0 aliphatic rings. The first kappa shape index (κ1) is 14.5. The van der Waals surface area contributed by atoms with Crippen molar-refractivity contribution in [2.24, 2.45) is 0 Å². The molecule has 2 aromatic rings. The average Bonchev–Trinajstić information content (AvgIpc) is 2.91. The quantitative estimate of drug-likeness (QED) is 0.588. The standard InChI is InChI=1S/C15H16N4O2/c16-14-13(10-18-19-14)8-4-5-9-17-15(20)21-11-12-6-2-1-3-7-12/h1-3,6-7,10H,5,9,11H2,(H,17,20)(H3,16,18,19). The van der Waals surface area contributed by atoms with Crippen LogP contribution in [0.3, 0.4) is 0 Å². The third-order valence-corrected chi connectivity index (χ3v) is 2.62. The molecule has 1 aromatic carbocycles. The average molecular weight is 284 g/mol. The Kier molecular flexibility index (Phi) is 5.24. The molecule has 0 saturated heterocycles. The minimum Gasteiger partial charge on any atom is -0.445 e. The number of hydrogen-bond acceptors (Lipinski definition) is 4. The van der Waals surface area contributed by atoms with Crippen molar-refractivity contribution in [2.75, 3.05) is 12.3 Å². The first-order valence-corrected chi connectivity index (χ1v) is 6.48. The fraction of sp³-hybridized carbons (Fsp3) is 0.200. The molecule has 0 spiro atoms. The number of anilines is 1. The largest absolute Gasteiger partial charge is 0.445 e. The van der Waals surface area contributed by atoms with Gasteiger partial charge in [-0.1, -0.05) is 42.2 Å². The first-order chi connectivity index (χ1) is 10.3. The minimum absolute atomic E-state index is 0.254. The summed E-state index contributed by atoms with van der Waals surface area (Å²) in [6, 6.07) is 9.50. The Labute approximate surface area is 122 Å². The molecule has 1 aromatic heterocycles. The van der Waals surface area contributed by atoms with Gasteiger partial charge in [0.15, 0.2) is 0 Å². The second kappa shape index (κ2) is 7.60. The highest BCUT2D eigenvalue weighted by molar-refractivity contribution is 5.67. The van der Waals surface area contributed by atoms with Crippen LogP contribution in [0.15, 0.2) is 36.5 Å². The Balaban J connectivity index is 1.64. The summed E-state index contributed by atoms with van der Waals surface area (Å²) < 4.78 is 5.07. The number of nitrogens with zero attached hydrogens (tertiary/aromatic N) is 1. The third kappa shape index (κ3) is 4.91. The normalized spacial score (nSPS) is 9.52. The van der Waals surface area contributed by atoms with E-state index in [0.717, 1.165) is 5.56 Å². The molecule has 108 valence electrons. The van der Waals surface area contributed by atoms with Crippen LogP contribution in [0.25, 0.3) is 0 Å². The number of carbonyl (C=O) groups is 1. The van der Waals surface area contributed by atoms with Gasteiger partial charge in [-0.25, -0.2) is 4.79 Å². The summed E-state index contributed by atoms with van der Waals surface area (Å²) in [4.78, 5) is 11.4. The predicted octanol–water partition coefficient (Wildman–Crippen LogP) is 1.66. The molecule has 0 saturated carbocycles. The lowest BCUT2D eigenvalue weighted by molar-refractivity contribution is 0.140. The highest BCUT2D eigenvalue weighted by Crippen LogP contribution is 2.02. The van der Waals surface area contributed by atoms with Crippen LogP contribution in [0.2, 0.25) is 0 Å². The van der Waals surface area contributed by atoms with Gasteiger partial charge in [-0.2, -0.15) is 5.10 Å². The lowest BCUT2D eigenvalue weighted by atomic mass is 10.2. The van der Waals surface area contributed by atoms with Gasteiger partial charge in [0.05, 0.1) is 11.8 Å². The van der Waals surface area contributed by atoms with Crippen molar-refractivity contribution in [3.63, 3.8) is 0 Å². The van der Waals surface area contributed by atoms with Gasteiger partial charge >= 0.3 is 6.09 Å². The van der Waals surface area contributed by atoms with Crippen LogP contribution in [0.5, 0.6) is 0 Å². The Morgan fingerprint density at radius 1 is 1.38 bits per heavy atom. The molecule has 0 aliphatic carbocycles. The minimum atomic E-state index is -0.455. The highest BCUT2D eigenvalue weighted by Gasteiger charge is 2.00. The van der Waals surface area contributed by atoms with E-state index in [1.54, 1.807) is 6.20 Å². The van der Waals surface area contributed by atoms with E-state index in [9.17, 15) is 4.79 Å². The van der Waals surface area contributed by atoms with E-state index in [4.69, 9.17) is 10.5 Å². The number of ether oxygens (including phenoxy) is 1. The zero-order valence-electron chi connectivity index (χ0n) is 11.4.